The highest BCUT2D eigenvalue weighted by Gasteiger charge is 2.13. The van der Waals surface area contributed by atoms with Gasteiger partial charge < -0.3 is 0 Å². The third-order valence-corrected chi connectivity index (χ3v) is 4.52. The largest absolute Gasteiger partial charge is 0.146 e. The van der Waals surface area contributed by atoms with Crippen LogP contribution in [0.3, 0.4) is 0 Å². The summed E-state index contributed by atoms with van der Waals surface area (Å²) in [5.41, 5.74) is 0. The molecule has 0 N–H and O–H groups in total. The molecule has 0 radical (unpaired) electrons. The number of hydrogen-bond donors (Lipinski definition) is 0. The zero-order chi connectivity index (χ0) is 5.11. The summed E-state index contributed by atoms with van der Waals surface area (Å²) in [4.78, 5) is 0. The van der Waals surface area contributed by atoms with Gasteiger partial charge >= 0.3 is 0 Å². The minimum atomic E-state index is 0. The Hall–Kier alpha value is 0.990. The van der Waals surface area contributed by atoms with Gasteiger partial charge in [-0.05, 0) is 0 Å². The van der Waals surface area contributed by atoms with E-state index in [1.54, 1.807) is 0 Å². The molecule has 50 valence electrons. The van der Waals surface area contributed by atoms with Crippen molar-refractivity contribution in [2.24, 2.45) is 0 Å². The smallest absolute Gasteiger partial charge is 0.0638 e. The molecule has 8 heavy (non-hydrogen) atoms. The monoisotopic (exact) mass is 170 g/mol. The molecule has 3 heteroatoms. The molecule has 0 aliphatic carbocycles. The van der Waals surface area contributed by atoms with Crippen molar-refractivity contribution in [2.75, 3.05) is 17.4 Å². The van der Waals surface area contributed by atoms with Crippen LogP contribution < -0.4 is 0 Å². The Morgan fingerprint density at radius 3 is 2.12 bits per heavy atom. The average molecular weight is 171 g/mol. The molecular weight excluding hydrogens is 160 g/mol. The lowest BCUT2D eigenvalue weighted by Gasteiger charge is -1.97. The fraction of sp³-hybridized carbons (Fsp3) is 1.00. The Morgan fingerprint density at radius 1 is 1.38 bits per heavy atom. The van der Waals surface area contributed by atoms with E-state index >= 15 is 0 Å². The van der Waals surface area contributed by atoms with E-state index in [0.29, 0.717) is 4.58 Å². The molecule has 0 aromatic carbocycles. The molecule has 1 fully saturated rings. The first kappa shape index (κ1) is 8.99. The van der Waals surface area contributed by atoms with Crippen LogP contribution in [-0.4, -0.2) is 22.0 Å². The fourth-order valence-electron chi connectivity index (χ4n) is 0.496. The van der Waals surface area contributed by atoms with Crippen molar-refractivity contribution in [3.63, 3.8) is 0 Å². The van der Waals surface area contributed by atoms with Crippen molar-refractivity contribution in [3.8, 4) is 0 Å². The molecular formula is C5H11ClS2. The first-order valence-corrected chi connectivity index (χ1v) is 4.86. The van der Waals surface area contributed by atoms with Crippen molar-refractivity contribution in [1.82, 2.24) is 0 Å². The second kappa shape index (κ2) is 4.83. The molecule has 0 bridgehead atoms. The summed E-state index contributed by atoms with van der Waals surface area (Å²) >= 11 is 9.51. The van der Waals surface area contributed by atoms with Crippen LogP contribution in [0, 0.1) is 0 Å². The van der Waals surface area contributed by atoms with Crippen LogP contribution in [-0.2, 0) is 0 Å². The van der Waals surface area contributed by atoms with Crippen molar-refractivity contribution < 1.29 is 0 Å². The van der Waals surface area contributed by atoms with Crippen molar-refractivity contribution in [2.45, 2.75) is 12.0 Å². The third-order valence-electron chi connectivity index (χ3n) is 0.817. The van der Waals surface area contributed by atoms with Gasteiger partial charge in [0.1, 0.15) is 0 Å². The van der Waals surface area contributed by atoms with Crippen molar-refractivity contribution >= 4 is 35.1 Å². The van der Waals surface area contributed by atoms with Gasteiger partial charge in [-0.2, -0.15) is 0 Å². The molecule has 1 aliphatic heterocycles. The van der Waals surface area contributed by atoms with E-state index in [4.69, 9.17) is 11.6 Å². The van der Waals surface area contributed by atoms with E-state index in [1.165, 1.54) is 11.5 Å². The summed E-state index contributed by atoms with van der Waals surface area (Å²) in [5.74, 6) is 3.40. The topological polar surface area (TPSA) is 0 Å². The molecule has 0 atom stereocenters. The number of rotatable bonds is 1. The molecule has 0 amide bonds. The Balaban J connectivity index is 0.000000490. The van der Waals surface area contributed by atoms with Crippen molar-refractivity contribution in [3.05, 3.63) is 0 Å². The normalized spacial score (nSPS) is 20.6. The zero-order valence-corrected chi connectivity index (χ0v) is 6.28. The van der Waals surface area contributed by atoms with Gasteiger partial charge in [0, 0.05) is 17.4 Å². The Bertz CT molecular complexity index is 52.4. The van der Waals surface area contributed by atoms with Gasteiger partial charge in [-0.3, -0.25) is 0 Å². The van der Waals surface area contributed by atoms with E-state index in [9.17, 15) is 0 Å². The summed E-state index contributed by atoms with van der Waals surface area (Å²) in [6.07, 6.45) is 0. The molecule has 0 aromatic heterocycles. The maximum Gasteiger partial charge on any atom is 0.0638 e. The van der Waals surface area contributed by atoms with Gasteiger partial charge in [0.15, 0.2) is 0 Å². The van der Waals surface area contributed by atoms with Crippen LogP contribution in [0.25, 0.3) is 0 Å². The maximum atomic E-state index is 5.57. The van der Waals surface area contributed by atoms with E-state index in [-0.39, 0.29) is 7.43 Å². The molecule has 0 saturated carbocycles. The predicted octanol–water partition coefficient (Wildman–Crippen LogP) is 2.67. The van der Waals surface area contributed by atoms with Gasteiger partial charge in [-0.1, -0.05) is 7.43 Å². The first-order chi connectivity index (χ1) is 3.43. The van der Waals surface area contributed by atoms with Gasteiger partial charge in [0.05, 0.1) is 4.58 Å². The number of hydrogen-bond acceptors (Lipinski definition) is 2. The second-order valence-corrected chi connectivity index (χ2v) is 4.55. The average Bonchev–Trinajstić information content (AvgIpc) is 2.14. The Morgan fingerprint density at radius 2 is 1.88 bits per heavy atom. The number of alkyl halides is 1. The zero-order valence-electron chi connectivity index (χ0n) is 3.89. The molecule has 1 saturated heterocycles. The van der Waals surface area contributed by atoms with Gasteiger partial charge in [0.25, 0.3) is 0 Å². The summed E-state index contributed by atoms with van der Waals surface area (Å²) in [6, 6.07) is 0. The molecule has 1 aliphatic rings. The molecule has 1 rings (SSSR count). The molecule has 1 heterocycles. The van der Waals surface area contributed by atoms with E-state index in [1.807, 2.05) is 23.5 Å². The third kappa shape index (κ3) is 2.51. The minimum Gasteiger partial charge on any atom is -0.146 e. The minimum absolute atomic E-state index is 0. The molecule has 0 nitrogen and oxygen atoms in total. The summed E-state index contributed by atoms with van der Waals surface area (Å²) in [5, 5.41) is 0. The highest BCUT2D eigenvalue weighted by atomic mass is 35.5. The number of thioether (sulfide) groups is 2. The Labute approximate surface area is 64.7 Å². The van der Waals surface area contributed by atoms with Gasteiger partial charge in [-0.25, -0.2) is 0 Å². The lowest BCUT2D eigenvalue weighted by atomic mass is 10.9. The van der Waals surface area contributed by atoms with Crippen LogP contribution in [0.15, 0.2) is 0 Å². The van der Waals surface area contributed by atoms with E-state index < -0.39 is 0 Å². The SMILES string of the molecule is C.ClCC1SCCS1. The lowest BCUT2D eigenvalue weighted by Crippen LogP contribution is -1.89. The summed E-state index contributed by atoms with van der Waals surface area (Å²) in [6.45, 7) is 0. The summed E-state index contributed by atoms with van der Waals surface area (Å²) in [7, 11) is 0. The highest BCUT2D eigenvalue weighted by molar-refractivity contribution is 8.20. The van der Waals surface area contributed by atoms with Gasteiger partial charge in [-0.15, -0.1) is 35.1 Å². The molecule has 0 unspecified atom stereocenters. The predicted molar refractivity (Wildman–Crippen MR) is 46.2 cm³/mol. The lowest BCUT2D eigenvalue weighted by molar-refractivity contribution is 1.45. The highest BCUT2D eigenvalue weighted by Crippen LogP contribution is 2.32. The second-order valence-electron chi connectivity index (χ2n) is 1.33. The quantitative estimate of drug-likeness (QED) is 0.555. The molecule has 0 spiro atoms. The summed E-state index contributed by atoms with van der Waals surface area (Å²) < 4.78 is 0.696. The first-order valence-electron chi connectivity index (χ1n) is 2.22. The van der Waals surface area contributed by atoms with Crippen LogP contribution in [0.5, 0.6) is 0 Å². The fourth-order valence-corrected chi connectivity index (χ4v) is 3.47. The standard InChI is InChI=1S/C4H7ClS2.CH4/c5-3-4-6-1-2-7-4;/h4H,1-3H2;1H4. The van der Waals surface area contributed by atoms with Crippen LogP contribution >= 0.6 is 35.1 Å². The maximum absolute atomic E-state index is 5.57. The van der Waals surface area contributed by atoms with E-state index in [2.05, 4.69) is 0 Å². The van der Waals surface area contributed by atoms with Crippen LogP contribution in [0.4, 0.5) is 0 Å². The Kier molecular flexibility index (Phi) is 5.43. The van der Waals surface area contributed by atoms with Gasteiger partial charge in [0.2, 0.25) is 0 Å². The van der Waals surface area contributed by atoms with Crippen LogP contribution in [0.1, 0.15) is 7.43 Å². The number of halogens is 1. The van der Waals surface area contributed by atoms with E-state index in [0.717, 1.165) is 5.88 Å². The molecule has 0 aromatic rings. The van der Waals surface area contributed by atoms with Crippen LogP contribution in [0.2, 0.25) is 0 Å². The van der Waals surface area contributed by atoms with Crippen molar-refractivity contribution in [1.29, 1.82) is 0 Å².